The Labute approximate surface area is 116 Å². The van der Waals surface area contributed by atoms with E-state index in [0.29, 0.717) is 0 Å². The molecule has 0 amide bonds. The fraction of sp³-hybridized carbons (Fsp3) is 0.0625. The summed E-state index contributed by atoms with van der Waals surface area (Å²) in [6.07, 6.45) is 4.14. The molecule has 4 heteroatoms. The Kier molecular flexibility index (Phi) is 3.37. The van der Waals surface area contributed by atoms with Crippen molar-refractivity contribution in [2.75, 3.05) is 11.9 Å². The van der Waals surface area contributed by atoms with Gasteiger partial charge in [-0.05, 0) is 23.8 Å². The van der Waals surface area contributed by atoms with Gasteiger partial charge in [-0.25, -0.2) is 4.79 Å². The predicted molar refractivity (Wildman–Crippen MR) is 82.9 cm³/mol. The van der Waals surface area contributed by atoms with Crippen LogP contribution in [-0.2, 0) is 0 Å². The van der Waals surface area contributed by atoms with E-state index in [2.05, 4.69) is 39.6 Å². The largest absolute Gasteiger partial charge is 0.381 e. The fourth-order valence-corrected chi connectivity index (χ4v) is 2.08. The quantitative estimate of drug-likeness (QED) is 0.679. The molecule has 0 aliphatic rings. The Hall–Kier alpha value is -2.75. The summed E-state index contributed by atoms with van der Waals surface area (Å²) >= 11 is 0. The lowest BCUT2D eigenvalue weighted by molar-refractivity contribution is 1.21. The van der Waals surface area contributed by atoms with Crippen LogP contribution in [0.2, 0.25) is 0 Å². The van der Waals surface area contributed by atoms with Gasteiger partial charge < -0.3 is 15.3 Å². The molecule has 2 aromatic carbocycles. The van der Waals surface area contributed by atoms with Gasteiger partial charge in [-0.2, -0.15) is 0 Å². The van der Waals surface area contributed by atoms with E-state index >= 15 is 0 Å². The van der Waals surface area contributed by atoms with Gasteiger partial charge in [0.25, 0.3) is 0 Å². The topological polar surface area (TPSA) is 60.7 Å². The first kappa shape index (κ1) is 12.3. The van der Waals surface area contributed by atoms with Gasteiger partial charge in [0.15, 0.2) is 0 Å². The molecule has 0 radical (unpaired) electrons. The molecule has 0 aliphatic heterocycles. The van der Waals surface area contributed by atoms with Gasteiger partial charge in [-0.15, -0.1) is 0 Å². The molecule has 0 saturated carbocycles. The molecule has 4 nitrogen and oxygen atoms in total. The van der Waals surface area contributed by atoms with Crippen molar-refractivity contribution in [3.05, 3.63) is 70.7 Å². The molecular weight excluding hydrogens is 250 g/mol. The van der Waals surface area contributed by atoms with Gasteiger partial charge in [0.1, 0.15) is 0 Å². The lowest BCUT2D eigenvalue weighted by Gasteiger charge is -2.02. The van der Waals surface area contributed by atoms with E-state index in [1.807, 2.05) is 36.4 Å². The van der Waals surface area contributed by atoms with Crippen LogP contribution in [0.25, 0.3) is 17.1 Å². The number of aromatic nitrogens is 2. The minimum Gasteiger partial charge on any atom is -0.381 e. The third-order valence-corrected chi connectivity index (χ3v) is 3.05. The van der Waals surface area contributed by atoms with Crippen LogP contribution >= 0.6 is 0 Å². The van der Waals surface area contributed by atoms with Crippen LogP contribution in [0.1, 0.15) is 5.56 Å². The predicted octanol–water partition coefficient (Wildman–Crippen LogP) is 2.98. The Morgan fingerprint density at radius 2 is 1.80 bits per heavy atom. The maximum Gasteiger partial charge on any atom is 0.323 e. The third-order valence-electron chi connectivity index (χ3n) is 3.05. The molecule has 0 spiro atoms. The van der Waals surface area contributed by atoms with Gasteiger partial charge in [-0.1, -0.05) is 42.5 Å². The highest BCUT2D eigenvalue weighted by molar-refractivity contribution is 5.78. The van der Waals surface area contributed by atoms with Crippen molar-refractivity contribution in [1.29, 1.82) is 0 Å². The summed E-state index contributed by atoms with van der Waals surface area (Å²) < 4.78 is 0. The summed E-state index contributed by atoms with van der Waals surface area (Å²) in [4.78, 5) is 16.6. The van der Waals surface area contributed by atoms with E-state index in [1.54, 1.807) is 0 Å². The summed E-state index contributed by atoms with van der Waals surface area (Å²) in [5.74, 6) is 0. The SMILES string of the molecule is O=c1[nH]c2ccc(NCC=Cc3ccccc3)cc2[nH]1. The second-order valence-corrected chi connectivity index (χ2v) is 4.53. The average molecular weight is 265 g/mol. The minimum absolute atomic E-state index is 0.180. The minimum atomic E-state index is -0.180. The second kappa shape index (κ2) is 5.48. The van der Waals surface area contributed by atoms with E-state index < -0.39 is 0 Å². The van der Waals surface area contributed by atoms with Crippen molar-refractivity contribution in [2.24, 2.45) is 0 Å². The number of rotatable bonds is 4. The standard InChI is InChI=1S/C16H15N3O/c20-16-18-14-9-8-13(11-15(14)19-16)17-10-4-7-12-5-2-1-3-6-12/h1-9,11,17H,10H2,(H2,18,19,20). The first-order valence-corrected chi connectivity index (χ1v) is 6.49. The van der Waals surface area contributed by atoms with Crippen LogP contribution in [0.15, 0.2) is 59.4 Å². The monoisotopic (exact) mass is 265 g/mol. The number of nitrogens with one attached hydrogen (secondary N) is 3. The van der Waals surface area contributed by atoms with Crippen molar-refractivity contribution >= 4 is 22.8 Å². The molecule has 0 aliphatic carbocycles. The van der Waals surface area contributed by atoms with Crippen LogP contribution < -0.4 is 11.0 Å². The van der Waals surface area contributed by atoms with Crippen molar-refractivity contribution in [1.82, 2.24) is 9.97 Å². The Bertz CT molecular complexity index is 784. The van der Waals surface area contributed by atoms with Gasteiger partial charge in [0.05, 0.1) is 11.0 Å². The molecule has 0 unspecified atom stereocenters. The first-order valence-electron chi connectivity index (χ1n) is 6.49. The maximum absolute atomic E-state index is 11.2. The third kappa shape index (κ3) is 2.80. The molecule has 3 rings (SSSR count). The summed E-state index contributed by atoms with van der Waals surface area (Å²) in [6.45, 7) is 0.731. The molecule has 20 heavy (non-hydrogen) atoms. The summed E-state index contributed by atoms with van der Waals surface area (Å²) in [7, 11) is 0. The van der Waals surface area contributed by atoms with Gasteiger partial charge in [0.2, 0.25) is 0 Å². The van der Waals surface area contributed by atoms with Gasteiger partial charge in [0, 0.05) is 12.2 Å². The molecule has 0 bridgehead atoms. The van der Waals surface area contributed by atoms with Crippen molar-refractivity contribution in [3.8, 4) is 0 Å². The van der Waals surface area contributed by atoms with E-state index in [0.717, 1.165) is 23.3 Å². The lowest BCUT2D eigenvalue weighted by atomic mass is 10.2. The van der Waals surface area contributed by atoms with Crippen molar-refractivity contribution in [2.45, 2.75) is 0 Å². The Morgan fingerprint density at radius 1 is 1.00 bits per heavy atom. The van der Waals surface area contributed by atoms with E-state index in [-0.39, 0.29) is 5.69 Å². The molecule has 3 N–H and O–H groups in total. The lowest BCUT2D eigenvalue weighted by Crippen LogP contribution is -1.99. The van der Waals surface area contributed by atoms with E-state index in [9.17, 15) is 4.79 Å². The molecule has 100 valence electrons. The first-order chi connectivity index (χ1) is 9.81. The summed E-state index contributed by atoms with van der Waals surface area (Å²) in [5, 5.41) is 3.29. The second-order valence-electron chi connectivity index (χ2n) is 4.53. The summed E-state index contributed by atoms with van der Waals surface area (Å²) in [5.41, 5.74) is 3.61. The summed E-state index contributed by atoms with van der Waals surface area (Å²) in [6, 6.07) is 15.9. The fourth-order valence-electron chi connectivity index (χ4n) is 2.08. The molecule has 1 aromatic heterocycles. The average Bonchev–Trinajstić information content (AvgIpc) is 2.84. The number of imidazole rings is 1. The normalized spacial score (nSPS) is 11.2. The van der Waals surface area contributed by atoms with Crippen LogP contribution in [0.4, 0.5) is 5.69 Å². The Balaban J connectivity index is 1.65. The maximum atomic E-state index is 11.2. The molecule has 1 heterocycles. The highest BCUT2D eigenvalue weighted by Crippen LogP contribution is 2.14. The zero-order chi connectivity index (χ0) is 13.8. The van der Waals surface area contributed by atoms with E-state index in [4.69, 9.17) is 0 Å². The number of hydrogen-bond donors (Lipinski definition) is 3. The molecule has 0 atom stereocenters. The van der Waals surface area contributed by atoms with Crippen LogP contribution in [0, 0.1) is 0 Å². The number of hydrogen-bond acceptors (Lipinski definition) is 2. The molecular formula is C16H15N3O. The van der Waals surface area contributed by atoms with Crippen LogP contribution in [0.3, 0.4) is 0 Å². The van der Waals surface area contributed by atoms with Crippen molar-refractivity contribution < 1.29 is 0 Å². The van der Waals surface area contributed by atoms with Crippen LogP contribution in [-0.4, -0.2) is 16.5 Å². The number of H-pyrrole nitrogens is 2. The highest BCUT2D eigenvalue weighted by Gasteiger charge is 1.98. The smallest absolute Gasteiger partial charge is 0.323 e. The van der Waals surface area contributed by atoms with Crippen molar-refractivity contribution in [3.63, 3.8) is 0 Å². The highest BCUT2D eigenvalue weighted by atomic mass is 16.1. The molecule has 0 fully saturated rings. The number of aromatic amines is 2. The zero-order valence-corrected chi connectivity index (χ0v) is 10.9. The zero-order valence-electron chi connectivity index (χ0n) is 10.9. The number of anilines is 1. The molecule has 3 aromatic rings. The van der Waals surface area contributed by atoms with Gasteiger partial charge >= 0.3 is 5.69 Å². The Morgan fingerprint density at radius 3 is 2.65 bits per heavy atom. The number of benzene rings is 2. The number of fused-ring (bicyclic) bond motifs is 1. The molecule has 0 saturated heterocycles. The van der Waals surface area contributed by atoms with E-state index in [1.165, 1.54) is 5.56 Å². The van der Waals surface area contributed by atoms with Crippen LogP contribution in [0.5, 0.6) is 0 Å². The van der Waals surface area contributed by atoms with Gasteiger partial charge in [-0.3, -0.25) is 0 Å².